The van der Waals surface area contributed by atoms with Crippen molar-refractivity contribution >= 4 is 34.1 Å². The molecule has 28 heavy (non-hydrogen) atoms. The number of anilines is 1. The summed E-state index contributed by atoms with van der Waals surface area (Å²) in [6.07, 6.45) is 0.802. The molecule has 0 saturated carbocycles. The first-order chi connectivity index (χ1) is 13.7. The number of hydrogen-bond donors (Lipinski definition) is 3. The number of carbonyl (C=O) groups is 1. The van der Waals surface area contributed by atoms with Crippen LogP contribution in [0.3, 0.4) is 0 Å². The number of amides is 1. The van der Waals surface area contributed by atoms with Crippen molar-refractivity contribution in [3.8, 4) is 0 Å². The van der Waals surface area contributed by atoms with Crippen LogP contribution < -0.4 is 16.0 Å². The van der Waals surface area contributed by atoms with Crippen molar-refractivity contribution in [2.75, 3.05) is 38.5 Å². The molecule has 0 radical (unpaired) electrons. The summed E-state index contributed by atoms with van der Waals surface area (Å²) in [5.74, 6) is 1.02. The highest BCUT2D eigenvalue weighted by Crippen LogP contribution is 2.22. The number of fused-ring (bicyclic) bond motifs is 3. The number of carbonyl (C=O) groups excluding carboxylic acids is 1. The van der Waals surface area contributed by atoms with Crippen LogP contribution in [0.15, 0.2) is 29.4 Å². The monoisotopic (exact) mass is 379 g/mol. The van der Waals surface area contributed by atoms with E-state index in [-0.39, 0.29) is 5.91 Å². The van der Waals surface area contributed by atoms with Gasteiger partial charge in [0.15, 0.2) is 11.5 Å². The van der Waals surface area contributed by atoms with Crippen molar-refractivity contribution in [3.05, 3.63) is 30.1 Å². The maximum absolute atomic E-state index is 12.4. The summed E-state index contributed by atoms with van der Waals surface area (Å²) < 4.78 is 1.68. The summed E-state index contributed by atoms with van der Waals surface area (Å²) in [4.78, 5) is 21.8. The van der Waals surface area contributed by atoms with E-state index in [1.54, 1.807) is 4.52 Å². The minimum absolute atomic E-state index is 0.0600. The van der Waals surface area contributed by atoms with Gasteiger partial charge in [-0.1, -0.05) is 12.1 Å². The molecule has 0 spiro atoms. The van der Waals surface area contributed by atoms with Gasteiger partial charge in [-0.05, 0) is 12.1 Å². The molecule has 0 aliphatic carbocycles. The fraction of sp³-hybridized carbons (Fsp3) is 0.389. The Morgan fingerprint density at radius 3 is 2.96 bits per heavy atom. The van der Waals surface area contributed by atoms with Gasteiger partial charge in [-0.3, -0.25) is 9.80 Å². The fourth-order valence-corrected chi connectivity index (χ4v) is 3.51. The van der Waals surface area contributed by atoms with Crippen LogP contribution in [0.1, 0.15) is 12.2 Å². The lowest BCUT2D eigenvalue weighted by Gasteiger charge is -2.16. The Morgan fingerprint density at radius 2 is 2.11 bits per heavy atom. The second kappa shape index (κ2) is 6.71. The fourth-order valence-electron chi connectivity index (χ4n) is 3.51. The van der Waals surface area contributed by atoms with Gasteiger partial charge < -0.3 is 16.0 Å². The molecule has 1 fully saturated rings. The van der Waals surface area contributed by atoms with Gasteiger partial charge in [0.25, 0.3) is 0 Å². The van der Waals surface area contributed by atoms with E-state index in [0.717, 1.165) is 36.1 Å². The lowest BCUT2D eigenvalue weighted by Crippen LogP contribution is -2.42. The van der Waals surface area contributed by atoms with Crippen LogP contribution >= 0.6 is 0 Å². The Morgan fingerprint density at radius 1 is 1.21 bits per heavy atom. The first-order valence-corrected chi connectivity index (χ1v) is 9.38. The van der Waals surface area contributed by atoms with E-state index >= 15 is 0 Å². The lowest BCUT2D eigenvalue weighted by atomic mass is 10.2. The van der Waals surface area contributed by atoms with Gasteiger partial charge in [-0.25, -0.2) is 9.97 Å². The minimum Gasteiger partial charge on any atom is -0.353 e. The first-order valence-electron chi connectivity index (χ1n) is 9.38. The van der Waals surface area contributed by atoms with Crippen molar-refractivity contribution in [2.45, 2.75) is 12.5 Å². The van der Waals surface area contributed by atoms with Gasteiger partial charge in [0.05, 0.1) is 5.52 Å². The molecule has 1 amide bonds. The molecule has 3 N–H and O–H groups in total. The predicted octanol–water partition coefficient (Wildman–Crippen LogP) is -0.183. The molecule has 1 saturated heterocycles. The van der Waals surface area contributed by atoms with Crippen LogP contribution in [-0.2, 0) is 4.79 Å². The number of benzene rings is 1. The molecule has 144 valence electrons. The Labute approximate surface area is 161 Å². The molecule has 2 aliphatic heterocycles. The molecule has 10 heteroatoms. The summed E-state index contributed by atoms with van der Waals surface area (Å²) >= 11 is 0. The van der Waals surface area contributed by atoms with Crippen molar-refractivity contribution in [1.82, 2.24) is 35.2 Å². The highest BCUT2D eigenvalue weighted by atomic mass is 16.2. The Hall–Kier alpha value is -3.27. The van der Waals surface area contributed by atoms with E-state index in [2.05, 4.69) is 26.2 Å². The second-order valence-corrected chi connectivity index (χ2v) is 6.99. The zero-order chi connectivity index (χ0) is 19.1. The second-order valence-electron chi connectivity index (χ2n) is 6.99. The predicted molar refractivity (Wildman–Crippen MR) is 105 cm³/mol. The average molecular weight is 379 g/mol. The summed E-state index contributed by atoms with van der Waals surface area (Å²) in [6.45, 7) is 2.72. The zero-order valence-electron chi connectivity index (χ0n) is 15.5. The van der Waals surface area contributed by atoms with E-state index in [0.29, 0.717) is 30.5 Å². The Bertz CT molecular complexity index is 1090. The van der Waals surface area contributed by atoms with Crippen molar-refractivity contribution in [1.29, 1.82) is 0 Å². The van der Waals surface area contributed by atoms with Crippen LogP contribution in [0.2, 0.25) is 0 Å². The zero-order valence-corrected chi connectivity index (χ0v) is 15.5. The molecule has 2 aliphatic rings. The standard InChI is InChI=1S/C18H21N9O/c1-26-9-6-13(24-26)15-23-16-11-4-2-3-5-12(11)21-18(27(16)25-15)22-14-10-19-7-8-20-17(14)28/h2-5,14,19H,6-10H2,1H3,(H,20,28)(H,21,22). The van der Waals surface area contributed by atoms with Gasteiger partial charge in [0.2, 0.25) is 11.9 Å². The third-order valence-corrected chi connectivity index (χ3v) is 4.97. The van der Waals surface area contributed by atoms with E-state index < -0.39 is 6.04 Å². The van der Waals surface area contributed by atoms with Crippen LogP contribution in [0.5, 0.6) is 0 Å². The van der Waals surface area contributed by atoms with Crippen LogP contribution in [0, 0.1) is 0 Å². The number of nitrogens with zero attached hydrogens (tertiary/aromatic N) is 6. The average Bonchev–Trinajstić information content (AvgIpc) is 3.28. The Kier molecular flexibility index (Phi) is 4.05. The number of rotatable bonds is 3. The molecule has 1 atom stereocenters. The third kappa shape index (κ3) is 2.91. The smallest absolute Gasteiger partial charge is 0.243 e. The van der Waals surface area contributed by atoms with E-state index in [1.165, 1.54) is 0 Å². The minimum atomic E-state index is -0.443. The van der Waals surface area contributed by atoms with Crippen molar-refractivity contribution in [2.24, 2.45) is 5.10 Å². The number of aromatic nitrogens is 4. The van der Waals surface area contributed by atoms with E-state index in [9.17, 15) is 4.79 Å². The molecule has 10 nitrogen and oxygen atoms in total. The molecular formula is C18H21N9O. The van der Waals surface area contributed by atoms with Crippen LogP contribution in [-0.4, -0.2) is 75.5 Å². The number of hydrazone groups is 1. The van der Waals surface area contributed by atoms with Gasteiger partial charge in [0, 0.05) is 45.0 Å². The quantitative estimate of drug-likeness (QED) is 0.579. The molecular weight excluding hydrogens is 358 g/mol. The number of hydrogen-bond acceptors (Lipinski definition) is 8. The maximum atomic E-state index is 12.4. The molecule has 1 unspecified atom stereocenters. The van der Waals surface area contributed by atoms with Crippen molar-refractivity contribution < 1.29 is 4.79 Å². The van der Waals surface area contributed by atoms with Crippen LogP contribution in [0.4, 0.5) is 5.95 Å². The Balaban J connectivity index is 1.63. The summed E-state index contributed by atoms with van der Waals surface area (Å²) in [7, 11) is 1.93. The molecule has 1 aromatic carbocycles. The summed E-state index contributed by atoms with van der Waals surface area (Å²) in [5.41, 5.74) is 2.35. The van der Waals surface area contributed by atoms with Crippen LogP contribution in [0.25, 0.3) is 16.6 Å². The number of para-hydroxylation sites is 1. The highest BCUT2D eigenvalue weighted by Gasteiger charge is 2.24. The number of nitrogens with one attached hydrogen (secondary N) is 3. The first kappa shape index (κ1) is 16.9. The van der Waals surface area contributed by atoms with Gasteiger partial charge >= 0.3 is 0 Å². The largest absolute Gasteiger partial charge is 0.353 e. The summed E-state index contributed by atoms with van der Waals surface area (Å²) in [5, 5.41) is 21.3. The topological polar surface area (TPSA) is 112 Å². The maximum Gasteiger partial charge on any atom is 0.243 e. The van der Waals surface area contributed by atoms with E-state index in [4.69, 9.17) is 9.97 Å². The molecule has 3 aromatic rings. The lowest BCUT2D eigenvalue weighted by molar-refractivity contribution is -0.121. The molecule has 0 bridgehead atoms. The van der Waals surface area contributed by atoms with E-state index in [1.807, 2.05) is 36.3 Å². The summed E-state index contributed by atoms with van der Waals surface area (Å²) in [6, 6.07) is 7.35. The highest BCUT2D eigenvalue weighted by molar-refractivity contribution is 6.00. The molecule has 2 aromatic heterocycles. The SMILES string of the molecule is CN1CCC(c2nc3c4ccccc4nc(NC4CNCCNC4=O)n3n2)=N1. The van der Waals surface area contributed by atoms with Gasteiger partial charge in [-0.15, -0.1) is 5.10 Å². The van der Waals surface area contributed by atoms with Gasteiger partial charge in [0.1, 0.15) is 11.8 Å². The van der Waals surface area contributed by atoms with Gasteiger partial charge in [-0.2, -0.15) is 9.62 Å². The third-order valence-electron chi connectivity index (χ3n) is 4.97. The normalized spacial score (nSPS) is 20.3. The molecule has 5 rings (SSSR count). The molecule has 4 heterocycles. The van der Waals surface area contributed by atoms with Crippen molar-refractivity contribution in [3.63, 3.8) is 0 Å².